The summed E-state index contributed by atoms with van der Waals surface area (Å²) in [5.41, 5.74) is 8.62. The Bertz CT molecular complexity index is 719. The number of hydrogen-bond acceptors (Lipinski definition) is 3. The minimum absolute atomic E-state index is 0.139. The number of hydrogen-bond donors (Lipinski definition) is 1. The summed E-state index contributed by atoms with van der Waals surface area (Å²) in [6.07, 6.45) is 1.37. The Morgan fingerprint density at radius 2 is 1.78 bits per heavy atom. The van der Waals surface area contributed by atoms with Crippen LogP contribution in [0.2, 0.25) is 0 Å². The molecule has 2 aromatic carbocycles. The van der Waals surface area contributed by atoms with Crippen LogP contribution in [0.3, 0.4) is 0 Å². The molecule has 1 amide bonds. The van der Waals surface area contributed by atoms with Crippen LogP contribution in [0.4, 0.5) is 0 Å². The van der Waals surface area contributed by atoms with Crippen molar-refractivity contribution < 1.29 is 4.79 Å². The topological polar surface area (TPSA) is 49.6 Å². The van der Waals surface area contributed by atoms with Crippen LogP contribution in [0.25, 0.3) is 0 Å². The van der Waals surface area contributed by atoms with E-state index in [0.717, 1.165) is 31.6 Å². The predicted octanol–water partition coefficient (Wildman–Crippen LogP) is 3.45. The Morgan fingerprint density at radius 3 is 2.41 bits per heavy atom. The van der Waals surface area contributed by atoms with Gasteiger partial charge in [0.05, 0.1) is 0 Å². The molecule has 1 heterocycles. The van der Waals surface area contributed by atoms with Gasteiger partial charge < -0.3 is 10.6 Å². The first-order valence-electron chi connectivity index (χ1n) is 9.87. The Kier molecular flexibility index (Phi) is 6.64. The van der Waals surface area contributed by atoms with E-state index >= 15 is 0 Å². The summed E-state index contributed by atoms with van der Waals surface area (Å²) >= 11 is 0. The molecule has 0 bridgehead atoms. The summed E-state index contributed by atoms with van der Waals surface area (Å²) in [6.45, 7) is 5.27. The number of piperidine rings is 1. The number of benzene rings is 2. The normalized spacial score (nSPS) is 21.6. The van der Waals surface area contributed by atoms with Gasteiger partial charge in [-0.1, -0.05) is 67.6 Å². The lowest BCUT2D eigenvalue weighted by Gasteiger charge is -2.41. The zero-order valence-electron chi connectivity index (χ0n) is 16.4. The number of amides is 1. The smallest absolute Gasteiger partial charge is 0.224 e. The van der Waals surface area contributed by atoms with Gasteiger partial charge in [-0.05, 0) is 23.5 Å². The summed E-state index contributed by atoms with van der Waals surface area (Å²) in [6, 6.07) is 20.5. The molecular weight excluding hydrogens is 334 g/mol. The maximum atomic E-state index is 12.8. The van der Waals surface area contributed by atoms with Crippen LogP contribution in [0, 0.1) is 5.92 Å². The third-order valence-corrected chi connectivity index (χ3v) is 5.71. The molecule has 1 saturated heterocycles. The van der Waals surface area contributed by atoms with Gasteiger partial charge in [-0.25, -0.2) is 0 Å². The van der Waals surface area contributed by atoms with Gasteiger partial charge in [0.15, 0.2) is 0 Å². The van der Waals surface area contributed by atoms with E-state index in [0.29, 0.717) is 12.3 Å². The van der Waals surface area contributed by atoms with Crippen LogP contribution in [0.15, 0.2) is 60.7 Å². The fraction of sp³-hybridized carbons (Fsp3) is 0.435. The monoisotopic (exact) mass is 365 g/mol. The molecule has 144 valence electrons. The maximum absolute atomic E-state index is 12.8. The van der Waals surface area contributed by atoms with Gasteiger partial charge in [-0.2, -0.15) is 0 Å². The van der Waals surface area contributed by atoms with Crippen molar-refractivity contribution in [2.45, 2.75) is 38.4 Å². The molecule has 0 spiro atoms. The molecule has 4 heteroatoms. The van der Waals surface area contributed by atoms with Gasteiger partial charge in [0, 0.05) is 45.2 Å². The highest BCUT2D eigenvalue weighted by atomic mass is 16.2. The van der Waals surface area contributed by atoms with Crippen LogP contribution >= 0.6 is 0 Å². The van der Waals surface area contributed by atoms with E-state index < -0.39 is 0 Å². The van der Waals surface area contributed by atoms with Crippen molar-refractivity contribution in [3.8, 4) is 0 Å². The van der Waals surface area contributed by atoms with Gasteiger partial charge in [0.2, 0.25) is 5.91 Å². The van der Waals surface area contributed by atoms with Crippen molar-refractivity contribution in [2.75, 3.05) is 20.1 Å². The van der Waals surface area contributed by atoms with Crippen molar-refractivity contribution in [1.29, 1.82) is 0 Å². The standard InChI is InChI=1S/C23H31N3O/c1-18-16-26(17-19-9-5-3-6-10-19)14-13-22(18)25(2)23(27)15-21(24)20-11-7-4-8-12-20/h3-12,18,21-22H,13-17,24H2,1-2H3. The lowest BCUT2D eigenvalue weighted by Crippen LogP contribution is -2.50. The summed E-state index contributed by atoms with van der Waals surface area (Å²) < 4.78 is 0. The second-order valence-corrected chi connectivity index (χ2v) is 7.78. The van der Waals surface area contributed by atoms with Crippen molar-refractivity contribution >= 4 is 5.91 Å². The Balaban J connectivity index is 1.53. The number of rotatable bonds is 6. The van der Waals surface area contributed by atoms with E-state index in [1.54, 1.807) is 0 Å². The molecule has 0 aromatic heterocycles. The van der Waals surface area contributed by atoms with Crippen LogP contribution in [-0.4, -0.2) is 41.9 Å². The van der Waals surface area contributed by atoms with Crippen molar-refractivity contribution in [3.05, 3.63) is 71.8 Å². The first kappa shape index (κ1) is 19.6. The summed E-state index contributed by atoms with van der Waals surface area (Å²) in [5, 5.41) is 0. The largest absolute Gasteiger partial charge is 0.342 e. The number of nitrogens with zero attached hydrogens (tertiary/aromatic N) is 2. The first-order valence-corrected chi connectivity index (χ1v) is 9.87. The molecule has 0 aliphatic carbocycles. The lowest BCUT2D eigenvalue weighted by atomic mass is 9.91. The lowest BCUT2D eigenvalue weighted by molar-refractivity contribution is -0.134. The van der Waals surface area contributed by atoms with Gasteiger partial charge in [-0.15, -0.1) is 0 Å². The predicted molar refractivity (Wildman–Crippen MR) is 110 cm³/mol. The fourth-order valence-electron chi connectivity index (χ4n) is 4.12. The molecule has 2 N–H and O–H groups in total. The molecule has 0 radical (unpaired) electrons. The molecule has 3 rings (SSSR count). The van der Waals surface area contributed by atoms with Gasteiger partial charge in [0.25, 0.3) is 0 Å². The van der Waals surface area contributed by atoms with Crippen LogP contribution in [-0.2, 0) is 11.3 Å². The molecule has 1 aliphatic rings. The third-order valence-electron chi connectivity index (χ3n) is 5.71. The molecule has 3 atom stereocenters. The van der Waals surface area contributed by atoms with Crippen LogP contribution in [0.5, 0.6) is 0 Å². The highest BCUT2D eigenvalue weighted by molar-refractivity contribution is 5.77. The number of likely N-dealkylation sites (tertiary alicyclic amines) is 1. The van der Waals surface area contributed by atoms with E-state index in [-0.39, 0.29) is 18.0 Å². The first-order chi connectivity index (χ1) is 13.0. The van der Waals surface area contributed by atoms with Crippen LogP contribution in [0.1, 0.15) is 36.9 Å². The van der Waals surface area contributed by atoms with Gasteiger partial charge >= 0.3 is 0 Å². The van der Waals surface area contributed by atoms with E-state index in [2.05, 4.69) is 42.2 Å². The molecule has 4 nitrogen and oxygen atoms in total. The minimum Gasteiger partial charge on any atom is -0.342 e. The van der Waals surface area contributed by atoms with E-state index in [1.807, 2.05) is 42.3 Å². The number of carbonyl (C=O) groups is 1. The molecule has 1 aliphatic heterocycles. The Labute approximate surface area is 163 Å². The molecule has 0 saturated carbocycles. The van der Waals surface area contributed by atoms with Crippen molar-refractivity contribution in [3.63, 3.8) is 0 Å². The molecule has 3 unspecified atom stereocenters. The van der Waals surface area contributed by atoms with Crippen molar-refractivity contribution in [1.82, 2.24) is 9.80 Å². The Morgan fingerprint density at radius 1 is 1.15 bits per heavy atom. The van der Waals surface area contributed by atoms with Crippen molar-refractivity contribution in [2.24, 2.45) is 11.7 Å². The van der Waals surface area contributed by atoms with E-state index in [9.17, 15) is 4.79 Å². The summed E-state index contributed by atoms with van der Waals surface area (Å²) in [7, 11) is 1.94. The zero-order valence-corrected chi connectivity index (χ0v) is 16.4. The third kappa shape index (κ3) is 5.18. The van der Waals surface area contributed by atoms with Crippen LogP contribution < -0.4 is 5.73 Å². The molecule has 2 aromatic rings. The zero-order chi connectivity index (χ0) is 19.2. The summed E-state index contributed by atoms with van der Waals surface area (Å²) in [4.78, 5) is 17.2. The minimum atomic E-state index is -0.241. The molecule has 1 fully saturated rings. The Hall–Kier alpha value is -2.17. The van der Waals surface area contributed by atoms with E-state index in [1.165, 1.54) is 5.56 Å². The highest BCUT2D eigenvalue weighted by Crippen LogP contribution is 2.24. The summed E-state index contributed by atoms with van der Waals surface area (Å²) in [5.74, 6) is 0.587. The molecule has 27 heavy (non-hydrogen) atoms. The SMILES string of the molecule is CC1CN(Cc2ccccc2)CCC1N(C)C(=O)CC(N)c1ccccc1. The average Bonchev–Trinajstić information content (AvgIpc) is 2.69. The number of nitrogens with two attached hydrogens (primary N) is 1. The van der Waals surface area contributed by atoms with Gasteiger partial charge in [0.1, 0.15) is 0 Å². The van der Waals surface area contributed by atoms with Gasteiger partial charge in [-0.3, -0.25) is 9.69 Å². The molecular formula is C23H31N3O. The highest BCUT2D eigenvalue weighted by Gasteiger charge is 2.31. The second-order valence-electron chi connectivity index (χ2n) is 7.78. The number of carbonyl (C=O) groups excluding carboxylic acids is 1. The maximum Gasteiger partial charge on any atom is 0.224 e. The quantitative estimate of drug-likeness (QED) is 0.853. The fourth-order valence-corrected chi connectivity index (χ4v) is 4.12. The average molecular weight is 366 g/mol. The van der Waals surface area contributed by atoms with E-state index in [4.69, 9.17) is 5.73 Å². The second kappa shape index (κ2) is 9.16.